The number of hydrogen-bond donors (Lipinski definition) is 3. The van der Waals surface area contributed by atoms with Gasteiger partial charge >= 0.3 is 0 Å². The minimum atomic E-state index is -0.576. The van der Waals surface area contributed by atoms with Gasteiger partial charge in [0.2, 0.25) is 5.91 Å². The summed E-state index contributed by atoms with van der Waals surface area (Å²) in [5, 5.41) is 12.7. The van der Waals surface area contributed by atoms with Crippen LogP contribution in [-0.4, -0.2) is 29.2 Å². The summed E-state index contributed by atoms with van der Waals surface area (Å²) in [4.78, 5) is 12.3. The summed E-state index contributed by atoms with van der Waals surface area (Å²) in [6.07, 6.45) is 4.37. The number of amides is 1. The van der Waals surface area contributed by atoms with E-state index in [4.69, 9.17) is 5.73 Å². The number of benzene rings is 1. The second-order valence-corrected chi connectivity index (χ2v) is 6.43. The Kier molecular flexibility index (Phi) is 5.37. The van der Waals surface area contributed by atoms with Gasteiger partial charge in [-0.2, -0.15) is 0 Å². The molecule has 3 atom stereocenters. The number of nitrogens with two attached hydrogens (primary N) is 1. The maximum absolute atomic E-state index is 12.3. The van der Waals surface area contributed by atoms with Crippen molar-refractivity contribution in [2.24, 2.45) is 11.7 Å². The highest BCUT2D eigenvalue weighted by atomic mass is 16.3. The largest absolute Gasteiger partial charge is 0.394 e. The summed E-state index contributed by atoms with van der Waals surface area (Å²) in [6.45, 7) is 2.15. The zero-order chi connectivity index (χ0) is 15.3. The van der Waals surface area contributed by atoms with Crippen molar-refractivity contribution in [3.63, 3.8) is 0 Å². The molecule has 1 aliphatic rings. The lowest BCUT2D eigenvalue weighted by molar-refractivity contribution is -0.125. The Balaban J connectivity index is 1.95. The van der Waals surface area contributed by atoms with Gasteiger partial charge in [-0.25, -0.2) is 0 Å². The average molecular weight is 290 g/mol. The molecule has 1 aromatic rings. The third-order valence-electron chi connectivity index (χ3n) is 4.42. The Labute approximate surface area is 126 Å². The fourth-order valence-corrected chi connectivity index (χ4v) is 3.27. The molecule has 1 fully saturated rings. The number of rotatable bonds is 5. The summed E-state index contributed by atoms with van der Waals surface area (Å²) in [5.41, 5.74) is 6.59. The fraction of sp³-hybridized carbons (Fsp3) is 0.588. The van der Waals surface area contributed by atoms with Crippen LogP contribution >= 0.6 is 0 Å². The van der Waals surface area contributed by atoms with E-state index in [1.165, 1.54) is 0 Å². The molecule has 2 rings (SSSR count). The van der Waals surface area contributed by atoms with E-state index in [1.807, 2.05) is 30.3 Å². The molecular formula is C17H26N2O2. The first-order chi connectivity index (χ1) is 10.0. The van der Waals surface area contributed by atoms with Crippen molar-refractivity contribution in [1.82, 2.24) is 5.32 Å². The standard InChI is InChI=1S/C17H26N2O2/c1-13-6-5-9-17(11-13,12-20)19-16(21)15(18)10-14-7-3-2-4-8-14/h2-4,7-8,13,15,20H,5-6,9-12,18H2,1H3,(H,19,21)/t13?,15-,17?/m1/s1. The van der Waals surface area contributed by atoms with Crippen molar-refractivity contribution in [2.75, 3.05) is 6.61 Å². The Morgan fingerprint density at radius 3 is 2.81 bits per heavy atom. The minimum absolute atomic E-state index is 0.0128. The van der Waals surface area contributed by atoms with Crippen LogP contribution < -0.4 is 11.1 Å². The summed E-state index contributed by atoms with van der Waals surface area (Å²) < 4.78 is 0. The van der Waals surface area contributed by atoms with Gasteiger partial charge < -0.3 is 16.2 Å². The maximum atomic E-state index is 12.3. The zero-order valence-electron chi connectivity index (χ0n) is 12.7. The van der Waals surface area contributed by atoms with Gasteiger partial charge in [-0.3, -0.25) is 4.79 Å². The molecule has 4 N–H and O–H groups in total. The van der Waals surface area contributed by atoms with Crippen LogP contribution in [-0.2, 0) is 11.2 Å². The molecule has 0 aromatic heterocycles. The summed E-state index contributed by atoms with van der Waals surface area (Å²) in [6, 6.07) is 9.19. The molecule has 1 saturated carbocycles. The molecule has 0 saturated heterocycles. The van der Waals surface area contributed by atoms with E-state index in [9.17, 15) is 9.90 Å². The van der Waals surface area contributed by atoms with Crippen LogP contribution in [0.4, 0.5) is 0 Å². The van der Waals surface area contributed by atoms with Crippen LogP contribution in [0.3, 0.4) is 0 Å². The van der Waals surface area contributed by atoms with Crippen molar-refractivity contribution >= 4 is 5.91 Å². The first kappa shape index (κ1) is 16.0. The monoisotopic (exact) mass is 290 g/mol. The van der Waals surface area contributed by atoms with Crippen LogP contribution in [0.15, 0.2) is 30.3 Å². The van der Waals surface area contributed by atoms with Gasteiger partial charge in [0, 0.05) is 0 Å². The van der Waals surface area contributed by atoms with Crippen molar-refractivity contribution in [1.29, 1.82) is 0 Å². The zero-order valence-corrected chi connectivity index (χ0v) is 12.7. The lowest BCUT2D eigenvalue weighted by Gasteiger charge is -2.40. The van der Waals surface area contributed by atoms with Crippen LogP contribution in [0.1, 0.15) is 38.2 Å². The van der Waals surface area contributed by atoms with Gasteiger partial charge in [0.05, 0.1) is 18.2 Å². The SMILES string of the molecule is CC1CCCC(CO)(NC(=O)[C@H](N)Cc2ccccc2)C1. The van der Waals surface area contributed by atoms with Crippen LogP contribution in [0.2, 0.25) is 0 Å². The number of carbonyl (C=O) groups excluding carboxylic acids is 1. The van der Waals surface area contributed by atoms with Crippen LogP contribution in [0, 0.1) is 5.92 Å². The van der Waals surface area contributed by atoms with Crippen molar-refractivity contribution in [3.8, 4) is 0 Å². The summed E-state index contributed by atoms with van der Waals surface area (Å²) in [7, 11) is 0. The minimum Gasteiger partial charge on any atom is -0.394 e. The van der Waals surface area contributed by atoms with Gasteiger partial charge in [0.1, 0.15) is 0 Å². The quantitative estimate of drug-likeness (QED) is 0.771. The lowest BCUT2D eigenvalue weighted by atomic mass is 9.76. The molecule has 0 aliphatic heterocycles. The summed E-state index contributed by atoms with van der Waals surface area (Å²) >= 11 is 0. The molecule has 116 valence electrons. The average Bonchev–Trinajstić information content (AvgIpc) is 2.48. The number of carbonyl (C=O) groups is 1. The summed E-state index contributed by atoms with van der Waals surface area (Å²) in [5.74, 6) is 0.360. The van der Waals surface area contributed by atoms with Crippen molar-refractivity contribution in [2.45, 2.75) is 50.6 Å². The van der Waals surface area contributed by atoms with E-state index in [2.05, 4.69) is 12.2 Å². The van der Waals surface area contributed by atoms with E-state index in [-0.39, 0.29) is 12.5 Å². The molecule has 4 nitrogen and oxygen atoms in total. The molecule has 0 radical (unpaired) electrons. The Hall–Kier alpha value is -1.39. The molecule has 4 heteroatoms. The number of aliphatic hydroxyl groups is 1. The molecule has 1 aliphatic carbocycles. The molecule has 0 spiro atoms. The molecular weight excluding hydrogens is 264 g/mol. The molecule has 0 heterocycles. The fourth-order valence-electron chi connectivity index (χ4n) is 3.27. The highest BCUT2D eigenvalue weighted by Gasteiger charge is 2.36. The first-order valence-electron chi connectivity index (χ1n) is 7.77. The normalized spacial score (nSPS) is 27.1. The maximum Gasteiger partial charge on any atom is 0.237 e. The number of aliphatic hydroxyl groups excluding tert-OH is 1. The Morgan fingerprint density at radius 1 is 1.48 bits per heavy atom. The predicted molar refractivity (Wildman–Crippen MR) is 83.7 cm³/mol. The van der Waals surface area contributed by atoms with E-state index in [0.29, 0.717) is 12.3 Å². The highest BCUT2D eigenvalue weighted by Crippen LogP contribution is 2.32. The van der Waals surface area contributed by atoms with Crippen molar-refractivity contribution < 1.29 is 9.90 Å². The second kappa shape index (κ2) is 7.05. The smallest absolute Gasteiger partial charge is 0.237 e. The van der Waals surface area contributed by atoms with Gasteiger partial charge in [-0.15, -0.1) is 0 Å². The predicted octanol–water partition coefficient (Wildman–Crippen LogP) is 1.61. The van der Waals surface area contributed by atoms with E-state index in [1.54, 1.807) is 0 Å². The van der Waals surface area contributed by atoms with Gasteiger partial charge in [0.15, 0.2) is 0 Å². The van der Waals surface area contributed by atoms with E-state index in [0.717, 1.165) is 31.2 Å². The molecule has 1 aromatic carbocycles. The van der Waals surface area contributed by atoms with Gasteiger partial charge in [-0.1, -0.05) is 50.1 Å². The van der Waals surface area contributed by atoms with Crippen molar-refractivity contribution in [3.05, 3.63) is 35.9 Å². The van der Waals surface area contributed by atoms with E-state index < -0.39 is 11.6 Å². The third-order valence-corrected chi connectivity index (χ3v) is 4.42. The van der Waals surface area contributed by atoms with Crippen LogP contribution in [0.25, 0.3) is 0 Å². The molecule has 0 bridgehead atoms. The lowest BCUT2D eigenvalue weighted by Crippen LogP contribution is -2.58. The van der Waals surface area contributed by atoms with Gasteiger partial charge in [0.25, 0.3) is 0 Å². The topological polar surface area (TPSA) is 75.3 Å². The molecule has 1 amide bonds. The second-order valence-electron chi connectivity index (χ2n) is 6.43. The highest BCUT2D eigenvalue weighted by molar-refractivity contribution is 5.82. The van der Waals surface area contributed by atoms with Gasteiger partial charge in [-0.05, 0) is 30.7 Å². The Bertz CT molecular complexity index is 463. The first-order valence-corrected chi connectivity index (χ1v) is 7.77. The Morgan fingerprint density at radius 2 is 2.19 bits per heavy atom. The van der Waals surface area contributed by atoms with Crippen LogP contribution in [0.5, 0.6) is 0 Å². The van der Waals surface area contributed by atoms with E-state index >= 15 is 0 Å². The molecule has 21 heavy (non-hydrogen) atoms. The molecule has 2 unspecified atom stereocenters. The number of hydrogen-bond acceptors (Lipinski definition) is 3. The number of nitrogens with one attached hydrogen (secondary N) is 1. The third kappa shape index (κ3) is 4.29.